The Labute approximate surface area is 296 Å². The maximum absolute atomic E-state index is 12.9. The number of amides is 1. The molecule has 1 aliphatic heterocycles. The average molecular weight is 704 g/mol. The largest absolute Gasteiger partial charge is 0.394 e. The first-order valence-electron chi connectivity index (χ1n) is 19.6. The summed E-state index contributed by atoms with van der Waals surface area (Å²) in [7, 11) is 0. The molecule has 11 nitrogen and oxygen atoms in total. The van der Waals surface area contributed by atoms with E-state index in [1.807, 2.05) is 6.08 Å². The summed E-state index contributed by atoms with van der Waals surface area (Å²) < 4.78 is 11.0. The first kappa shape index (κ1) is 45.9. The lowest BCUT2D eigenvalue weighted by molar-refractivity contribution is -0.303. The van der Waals surface area contributed by atoms with Crippen LogP contribution in [-0.4, -0.2) is 110 Å². The fraction of sp³-hybridized carbons (Fsp3) is 0.921. The smallest absolute Gasteiger partial charge is 0.249 e. The van der Waals surface area contributed by atoms with Crippen molar-refractivity contribution in [2.75, 3.05) is 13.2 Å². The van der Waals surface area contributed by atoms with Crippen molar-refractivity contribution in [3.05, 3.63) is 12.2 Å². The van der Waals surface area contributed by atoms with Gasteiger partial charge in [-0.3, -0.25) is 4.79 Å². The molecule has 0 aromatic heterocycles. The number of unbranched alkanes of at least 4 members (excludes halogenated alkanes) is 17. The molecule has 49 heavy (non-hydrogen) atoms. The van der Waals surface area contributed by atoms with Crippen LogP contribution >= 0.6 is 0 Å². The van der Waals surface area contributed by atoms with E-state index < -0.39 is 74.2 Å². The van der Waals surface area contributed by atoms with Crippen molar-refractivity contribution in [3.8, 4) is 0 Å². The minimum Gasteiger partial charge on any atom is -0.394 e. The van der Waals surface area contributed by atoms with Gasteiger partial charge in [-0.05, 0) is 32.1 Å². The summed E-state index contributed by atoms with van der Waals surface area (Å²) in [6.07, 6.45) is 15.8. The third-order valence-corrected chi connectivity index (χ3v) is 9.58. The molecule has 1 rings (SSSR count). The summed E-state index contributed by atoms with van der Waals surface area (Å²) >= 11 is 0. The number of rotatable bonds is 31. The fourth-order valence-electron chi connectivity index (χ4n) is 6.20. The second-order valence-corrected chi connectivity index (χ2v) is 14.0. The molecule has 1 fully saturated rings. The van der Waals surface area contributed by atoms with Gasteiger partial charge in [0.05, 0.1) is 25.4 Å². The molecule has 1 amide bonds. The van der Waals surface area contributed by atoms with E-state index in [4.69, 9.17) is 9.47 Å². The van der Waals surface area contributed by atoms with E-state index in [1.165, 1.54) is 83.5 Å². The second kappa shape index (κ2) is 29.4. The van der Waals surface area contributed by atoms with Crippen LogP contribution < -0.4 is 5.32 Å². The molecule has 0 aromatic rings. The van der Waals surface area contributed by atoms with Crippen molar-refractivity contribution in [2.45, 2.75) is 210 Å². The highest BCUT2D eigenvalue weighted by Crippen LogP contribution is 2.23. The maximum Gasteiger partial charge on any atom is 0.249 e. The van der Waals surface area contributed by atoms with Crippen molar-refractivity contribution in [2.24, 2.45) is 0 Å². The molecule has 1 heterocycles. The van der Waals surface area contributed by atoms with Crippen molar-refractivity contribution < 1.29 is 50.0 Å². The van der Waals surface area contributed by atoms with Crippen LogP contribution in [0.25, 0.3) is 0 Å². The minimum absolute atomic E-state index is 0.176. The number of hydrogen-bond acceptors (Lipinski definition) is 10. The molecule has 0 spiro atoms. The Hall–Kier alpha value is -1.15. The third kappa shape index (κ3) is 20.5. The highest BCUT2D eigenvalue weighted by atomic mass is 16.7. The van der Waals surface area contributed by atoms with E-state index in [1.54, 1.807) is 0 Å². The predicted molar refractivity (Wildman–Crippen MR) is 192 cm³/mol. The van der Waals surface area contributed by atoms with Gasteiger partial charge in [-0.25, -0.2) is 0 Å². The fourth-order valence-corrected chi connectivity index (χ4v) is 6.20. The molecule has 0 bridgehead atoms. The van der Waals surface area contributed by atoms with Gasteiger partial charge in [0, 0.05) is 0 Å². The van der Waals surface area contributed by atoms with Gasteiger partial charge in [0.15, 0.2) is 6.29 Å². The Morgan fingerprint density at radius 2 is 1.20 bits per heavy atom. The average Bonchev–Trinajstić information content (AvgIpc) is 3.10. The summed E-state index contributed by atoms with van der Waals surface area (Å²) in [5.74, 6) is -0.735. The zero-order valence-electron chi connectivity index (χ0n) is 30.7. The Morgan fingerprint density at radius 3 is 1.76 bits per heavy atom. The van der Waals surface area contributed by atoms with Crippen LogP contribution in [0.1, 0.15) is 155 Å². The van der Waals surface area contributed by atoms with Crippen LogP contribution in [0.4, 0.5) is 0 Å². The highest BCUT2D eigenvalue weighted by Gasteiger charge is 2.44. The lowest BCUT2D eigenvalue weighted by atomic mass is 9.98. The number of nitrogens with one attached hydrogen (secondary N) is 1. The van der Waals surface area contributed by atoms with E-state index >= 15 is 0 Å². The van der Waals surface area contributed by atoms with Crippen molar-refractivity contribution in [1.29, 1.82) is 0 Å². The zero-order valence-corrected chi connectivity index (χ0v) is 30.7. The molecule has 1 aliphatic rings. The standard InChI is InChI=1S/C38H73NO10/c1-3-5-7-9-11-13-14-15-16-17-18-20-21-23-25-30(41)33(43)29(28-48-38-36(46)35(45)34(44)32(27-40)49-38)39-37(47)31(42)26-24-22-19-12-10-8-6-4-2/h19,22,29-36,38,40-46H,3-18,20-21,23-28H2,1-2H3,(H,39,47)/b22-19-. The Balaban J connectivity index is 2.56. The summed E-state index contributed by atoms with van der Waals surface area (Å²) in [6.45, 7) is 3.33. The lowest BCUT2D eigenvalue weighted by Crippen LogP contribution is -2.60. The van der Waals surface area contributed by atoms with Gasteiger partial charge < -0.3 is 50.5 Å². The number of hydrogen-bond donors (Lipinski definition) is 8. The van der Waals surface area contributed by atoms with Gasteiger partial charge in [-0.2, -0.15) is 0 Å². The summed E-state index contributed by atoms with van der Waals surface area (Å²) in [5.41, 5.74) is 0. The molecule has 8 N–H and O–H groups in total. The van der Waals surface area contributed by atoms with E-state index in [0.717, 1.165) is 32.1 Å². The SMILES string of the molecule is CCCCCC/C=C\CCC(O)C(=O)NC(COC1OC(CO)C(O)C(O)C1O)C(O)C(O)CCCCCCCCCCCCCCCC. The molecule has 11 heteroatoms. The van der Waals surface area contributed by atoms with Crippen molar-refractivity contribution >= 4 is 5.91 Å². The topological polar surface area (TPSA) is 189 Å². The number of ether oxygens (including phenoxy) is 2. The van der Waals surface area contributed by atoms with Crippen LogP contribution in [0.15, 0.2) is 12.2 Å². The predicted octanol–water partition coefficient (Wildman–Crippen LogP) is 4.55. The Bertz CT molecular complexity index is 815. The van der Waals surface area contributed by atoms with E-state index in [2.05, 4.69) is 25.2 Å². The number of carbonyl (C=O) groups is 1. The maximum atomic E-state index is 12.9. The van der Waals surface area contributed by atoms with Gasteiger partial charge in [0.25, 0.3) is 0 Å². The Kier molecular flexibility index (Phi) is 27.6. The molecule has 9 atom stereocenters. The summed E-state index contributed by atoms with van der Waals surface area (Å²) in [6, 6.07) is -1.18. The van der Waals surface area contributed by atoms with Crippen LogP contribution in [0.2, 0.25) is 0 Å². The quantitative estimate of drug-likeness (QED) is 0.0376. The highest BCUT2D eigenvalue weighted by molar-refractivity contribution is 5.80. The molecule has 1 saturated heterocycles. The molecule has 9 unspecified atom stereocenters. The van der Waals surface area contributed by atoms with E-state index in [0.29, 0.717) is 19.3 Å². The zero-order chi connectivity index (χ0) is 36.3. The van der Waals surface area contributed by atoms with Gasteiger partial charge in [0.1, 0.15) is 36.6 Å². The van der Waals surface area contributed by atoms with Crippen molar-refractivity contribution in [1.82, 2.24) is 5.32 Å². The van der Waals surface area contributed by atoms with Gasteiger partial charge in [-0.1, -0.05) is 135 Å². The minimum atomic E-state index is -1.66. The lowest BCUT2D eigenvalue weighted by Gasteiger charge is -2.40. The number of carbonyl (C=O) groups excluding carboxylic acids is 1. The van der Waals surface area contributed by atoms with E-state index in [-0.39, 0.29) is 6.42 Å². The molecule has 290 valence electrons. The molecule has 0 radical (unpaired) electrons. The number of aliphatic hydroxyl groups excluding tert-OH is 7. The molecular formula is C38H73NO10. The van der Waals surface area contributed by atoms with Gasteiger partial charge in [-0.15, -0.1) is 0 Å². The van der Waals surface area contributed by atoms with Crippen LogP contribution in [-0.2, 0) is 14.3 Å². The third-order valence-electron chi connectivity index (χ3n) is 9.58. The van der Waals surface area contributed by atoms with Crippen molar-refractivity contribution in [3.63, 3.8) is 0 Å². The van der Waals surface area contributed by atoms with Gasteiger partial charge >= 0.3 is 0 Å². The number of allylic oxidation sites excluding steroid dienone is 2. The summed E-state index contributed by atoms with van der Waals surface area (Å²) in [4.78, 5) is 12.9. The second-order valence-electron chi connectivity index (χ2n) is 14.0. The normalized spacial score (nSPS) is 23.8. The molecule has 0 saturated carbocycles. The molecular weight excluding hydrogens is 630 g/mol. The summed E-state index contributed by atoms with van der Waals surface area (Å²) in [5, 5.41) is 75.0. The van der Waals surface area contributed by atoms with E-state index in [9.17, 15) is 40.5 Å². The van der Waals surface area contributed by atoms with Crippen LogP contribution in [0, 0.1) is 0 Å². The molecule has 0 aliphatic carbocycles. The Morgan fingerprint density at radius 1 is 0.694 bits per heavy atom. The van der Waals surface area contributed by atoms with Crippen LogP contribution in [0.3, 0.4) is 0 Å². The van der Waals surface area contributed by atoms with Gasteiger partial charge in [0.2, 0.25) is 5.91 Å². The first-order chi connectivity index (χ1) is 23.7. The van der Waals surface area contributed by atoms with Crippen LogP contribution in [0.5, 0.6) is 0 Å². The molecule has 0 aromatic carbocycles. The monoisotopic (exact) mass is 704 g/mol. The number of aliphatic hydroxyl groups is 7. The first-order valence-corrected chi connectivity index (χ1v) is 19.6.